The van der Waals surface area contributed by atoms with E-state index in [1.807, 2.05) is 32.0 Å². The number of ether oxygens (including phenoxy) is 1. The molecule has 0 radical (unpaired) electrons. The van der Waals surface area contributed by atoms with E-state index in [2.05, 4.69) is 15.1 Å². The van der Waals surface area contributed by atoms with Crippen molar-refractivity contribution in [2.24, 2.45) is 5.73 Å². The summed E-state index contributed by atoms with van der Waals surface area (Å²) in [6.07, 6.45) is 5.11. The Morgan fingerprint density at radius 3 is 2.67 bits per heavy atom. The van der Waals surface area contributed by atoms with Crippen LogP contribution in [0.4, 0.5) is 0 Å². The van der Waals surface area contributed by atoms with Gasteiger partial charge in [0.25, 0.3) is 5.95 Å². The highest BCUT2D eigenvalue weighted by molar-refractivity contribution is 5.81. The van der Waals surface area contributed by atoms with Crippen molar-refractivity contribution in [1.29, 1.82) is 0 Å². The molecule has 0 fully saturated rings. The molecule has 6 nitrogen and oxygen atoms in total. The van der Waals surface area contributed by atoms with Crippen LogP contribution in [0.2, 0.25) is 0 Å². The summed E-state index contributed by atoms with van der Waals surface area (Å²) in [4.78, 5) is 8.41. The van der Waals surface area contributed by atoms with Gasteiger partial charge in [-0.1, -0.05) is 0 Å². The Labute approximate surface area is 122 Å². The molecule has 0 saturated heterocycles. The predicted molar refractivity (Wildman–Crippen MR) is 80.4 cm³/mol. The van der Waals surface area contributed by atoms with Crippen LogP contribution in [0.15, 0.2) is 42.9 Å². The lowest BCUT2D eigenvalue weighted by molar-refractivity contribution is 0.197. The van der Waals surface area contributed by atoms with E-state index in [4.69, 9.17) is 10.5 Å². The fourth-order valence-electron chi connectivity index (χ4n) is 1.97. The Morgan fingerprint density at radius 2 is 1.95 bits per heavy atom. The average molecular weight is 283 g/mol. The van der Waals surface area contributed by atoms with Crippen molar-refractivity contribution in [3.8, 4) is 11.7 Å². The zero-order chi connectivity index (χ0) is 14.8. The first-order valence-corrected chi connectivity index (χ1v) is 6.82. The van der Waals surface area contributed by atoms with Gasteiger partial charge in [0.1, 0.15) is 11.9 Å². The van der Waals surface area contributed by atoms with Crippen LogP contribution < -0.4 is 10.5 Å². The first-order chi connectivity index (χ1) is 10.1. The molecule has 2 aromatic heterocycles. The van der Waals surface area contributed by atoms with E-state index in [0.29, 0.717) is 5.95 Å². The normalized spacial score (nSPS) is 14.0. The smallest absolute Gasteiger partial charge is 0.251 e. The minimum atomic E-state index is -0.0463. The third-order valence-electron chi connectivity index (χ3n) is 3.34. The molecule has 0 amide bonds. The van der Waals surface area contributed by atoms with Crippen LogP contribution in [-0.2, 0) is 0 Å². The summed E-state index contributed by atoms with van der Waals surface area (Å²) < 4.78 is 7.51. The SMILES string of the molecule is C[C@H](N)[C@@H](C)Oc1ccc2c(cnn2-c2ncccn2)c1. The molecular formula is C15H17N5O. The predicted octanol–water partition coefficient (Wildman–Crippen LogP) is 1.93. The molecule has 2 heterocycles. The van der Waals surface area contributed by atoms with E-state index in [9.17, 15) is 0 Å². The molecule has 0 saturated carbocycles. The molecule has 3 aromatic rings. The number of hydrogen-bond acceptors (Lipinski definition) is 5. The molecule has 6 heteroatoms. The molecule has 0 aliphatic rings. The molecule has 0 spiro atoms. The van der Waals surface area contributed by atoms with E-state index in [0.717, 1.165) is 16.7 Å². The highest BCUT2D eigenvalue weighted by Gasteiger charge is 2.11. The Morgan fingerprint density at radius 1 is 1.19 bits per heavy atom. The third-order valence-corrected chi connectivity index (χ3v) is 3.34. The van der Waals surface area contributed by atoms with E-state index in [-0.39, 0.29) is 12.1 Å². The number of aromatic nitrogens is 4. The molecule has 21 heavy (non-hydrogen) atoms. The first kappa shape index (κ1) is 13.5. The minimum Gasteiger partial charge on any atom is -0.489 e. The van der Waals surface area contributed by atoms with Crippen molar-refractivity contribution in [3.63, 3.8) is 0 Å². The van der Waals surface area contributed by atoms with Crippen LogP contribution in [-0.4, -0.2) is 31.9 Å². The molecule has 1 aromatic carbocycles. The summed E-state index contributed by atoms with van der Waals surface area (Å²) in [7, 11) is 0. The maximum Gasteiger partial charge on any atom is 0.251 e. The van der Waals surface area contributed by atoms with E-state index >= 15 is 0 Å². The lowest BCUT2D eigenvalue weighted by Gasteiger charge is -2.17. The van der Waals surface area contributed by atoms with Crippen molar-refractivity contribution in [2.75, 3.05) is 0 Å². The Kier molecular flexibility index (Phi) is 3.53. The van der Waals surface area contributed by atoms with Crippen LogP contribution in [0.25, 0.3) is 16.9 Å². The summed E-state index contributed by atoms with van der Waals surface area (Å²) in [5.41, 5.74) is 6.75. The van der Waals surface area contributed by atoms with Gasteiger partial charge in [0.2, 0.25) is 0 Å². The summed E-state index contributed by atoms with van der Waals surface area (Å²) in [5.74, 6) is 1.32. The van der Waals surface area contributed by atoms with Crippen LogP contribution in [0, 0.1) is 0 Å². The van der Waals surface area contributed by atoms with Gasteiger partial charge in [-0.05, 0) is 38.1 Å². The Hall–Kier alpha value is -2.47. The number of nitrogens with zero attached hydrogens (tertiary/aromatic N) is 4. The van der Waals surface area contributed by atoms with Crippen LogP contribution >= 0.6 is 0 Å². The average Bonchev–Trinajstić information content (AvgIpc) is 2.91. The largest absolute Gasteiger partial charge is 0.489 e. The van der Waals surface area contributed by atoms with Gasteiger partial charge < -0.3 is 10.5 Å². The van der Waals surface area contributed by atoms with Crippen LogP contribution in [0.5, 0.6) is 5.75 Å². The van der Waals surface area contributed by atoms with Gasteiger partial charge in [0.15, 0.2) is 0 Å². The second-order valence-electron chi connectivity index (χ2n) is 5.01. The highest BCUT2D eigenvalue weighted by atomic mass is 16.5. The van der Waals surface area contributed by atoms with Crippen LogP contribution in [0.3, 0.4) is 0 Å². The topological polar surface area (TPSA) is 78.9 Å². The standard InChI is InChI=1S/C15H17N5O/c1-10(16)11(2)21-13-4-5-14-12(8-13)9-19-20(14)15-17-6-3-7-18-15/h3-11H,16H2,1-2H3/t10-,11+/m0/s1. The van der Waals surface area contributed by atoms with Gasteiger partial charge in [-0.25, -0.2) is 9.97 Å². The van der Waals surface area contributed by atoms with Gasteiger partial charge in [0, 0.05) is 23.8 Å². The maximum atomic E-state index is 5.82. The minimum absolute atomic E-state index is 0.0267. The zero-order valence-corrected chi connectivity index (χ0v) is 12.0. The summed E-state index contributed by atoms with van der Waals surface area (Å²) in [5, 5.41) is 5.30. The van der Waals surface area contributed by atoms with E-state index in [1.165, 1.54) is 0 Å². The molecule has 0 bridgehead atoms. The molecule has 2 atom stereocenters. The molecule has 108 valence electrons. The summed E-state index contributed by atoms with van der Waals surface area (Å²) >= 11 is 0. The van der Waals surface area contributed by atoms with Gasteiger partial charge in [-0.2, -0.15) is 9.78 Å². The lowest BCUT2D eigenvalue weighted by Crippen LogP contribution is -2.33. The van der Waals surface area contributed by atoms with Gasteiger partial charge in [0.05, 0.1) is 11.7 Å². The second-order valence-corrected chi connectivity index (χ2v) is 5.01. The van der Waals surface area contributed by atoms with Gasteiger partial charge >= 0.3 is 0 Å². The van der Waals surface area contributed by atoms with Gasteiger partial charge in [-0.15, -0.1) is 0 Å². The number of fused-ring (bicyclic) bond motifs is 1. The van der Waals surface area contributed by atoms with E-state index < -0.39 is 0 Å². The first-order valence-electron chi connectivity index (χ1n) is 6.82. The Bertz CT molecular complexity index is 738. The number of nitrogens with two attached hydrogens (primary N) is 1. The van der Waals surface area contributed by atoms with Crippen molar-refractivity contribution in [1.82, 2.24) is 19.7 Å². The number of hydrogen-bond donors (Lipinski definition) is 1. The molecule has 0 aliphatic heterocycles. The van der Waals surface area contributed by atoms with Crippen molar-refractivity contribution >= 4 is 10.9 Å². The van der Waals surface area contributed by atoms with Crippen LogP contribution in [0.1, 0.15) is 13.8 Å². The maximum absolute atomic E-state index is 5.82. The summed E-state index contributed by atoms with van der Waals surface area (Å²) in [6.45, 7) is 3.88. The number of benzene rings is 1. The van der Waals surface area contributed by atoms with Gasteiger partial charge in [-0.3, -0.25) is 0 Å². The molecular weight excluding hydrogens is 266 g/mol. The zero-order valence-electron chi connectivity index (χ0n) is 12.0. The highest BCUT2D eigenvalue weighted by Crippen LogP contribution is 2.23. The summed E-state index contributed by atoms with van der Waals surface area (Å²) in [6, 6.07) is 7.54. The fraction of sp³-hybridized carbons (Fsp3) is 0.267. The lowest BCUT2D eigenvalue weighted by atomic mass is 10.2. The third kappa shape index (κ3) is 2.71. The molecule has 0 aliphatic carbocycles. The molecule has 2 N–H and O–H groups in total. The Balaban J connectivity index is 1.95. The second kappa shape index (κ2) is 5.49. The fourth-order valence-corrected chi connectivity index (χ4v) is 1.97. The molecule has 3 rings (SSSR count). The monoisotopic (exact) mass is 283 g/mol. The quantitative estimate of drug-likeness (QED) is 0.791. The number of rotatable bonds is 4. The molecule has 0 unspecified atom stereocenters. The van der Waals surface area contributed by atoms with Crippen molar-refractivity contribution in [3.05, 3.63) is 42.9 Å². The van der Waals surface area contributed by atoms with Crippen molar-refractivity contribution in [2.45, 2.75) is 26.0 Å². The van der Waals surface area contributed by atoms with E-state index in [1.54, 1.807) is 29.3 Å². The van der Waals surface area contributed by atoms with Crippen molar-refractivity contribution < 1.29 is 4.74 Å².